The first kappa shape index (κ1) is 15.9. The van der Waals surface area contributed by atoms with E-state index in [-0.39, 0.29) is 0 Å². The molecule has 0 saturated carbocycles. The number of thioether (sulfide) groups is 1. The van der Waals surface area contributed by atoms with Crippen molar-refractivity contribution >= 4 is 27.7 Å². The van der Waals surface area contributed by atoms with E-state index in [1.54, 1.807) is 7.11 Å². The summed E-state index contributed by atoms with van der Waals surface area (Å²) in [6.07, 6.45) is 1.00. The predicted octanol–water partition coefficient (Wildman–Crippen LogP) is 3.73. The standard InChI is InChI=1S/C14H22BrNOS/c1-4-16-13(10-18-5-2)9-11-8-12(15)6-7-14(11)17-3/h6-8,13,16H,4-5,9-10H2,1-3H3. The molecule has 1 N–H and O–H groups in total. The third-order valence-electron chi connectivity index (χ3n) is 2.72. The lowest BCUT2D eigenvalue weighted by molar-refractivity contribution is 0.406. The highest BCUT2D eigenvalue weighted by Crippen LogP contribution is 2.24. The number of methoxy groups -OCH3 is 1. The van der Waals surface area contributed by atoms with Gasteiger partial charge in [-0.05, 0) is 42.5 Å². The molecule has 0 aliphatic carbocycles. The maximum Gasteiger partial charge on any atom is 0.122 e. The maximum atomic E-state index is 5.43. The summed E-state index contributed by atoms with van der Waals surface area (Å²) in [4.78, 5) is 0. The first-order valence-electron chi connectivity index (χ1n) is 6.34. The normalized spacial score (nSPS) is 12.4. The van der Waals surface area contributed by atoms with Crippen LogP contribution in [0.15, 0.2) is 22.7 Å². The molecule has 4 heteroatoms. The zero-order valence-electron chi connectivity index (χ0n) is 11.3. The largest absolute Gasteiger partial charge is 0.496 e. The second kappa shape index (κ2) is 8.83. The lowest BCUT2D eigenvalue weighted by atomic mass is 10.1. The van der Waals surface area contributed by atoms with Gasteiger partial charge in [-0.15, -0.1) is 0 Å². The minimum absolute atomic E-state index is 0.503. The Morgan fingerprint density at radius 1 is 1.39 bits per heavy atom. The van der Waals surface area contributed by atoms with E-state index in [0.29, 0.717) is 6.04 Å². The average Bonchev–Trinajstić information content (AvgIpc) is 2.36. The van der Waals surface area contributed by atoms with Gasteiger partial charge < -0.3 is 10.1 Å². The van der Waals surface area contributed by atoms with Crippen LogP contribution in [0.25, 0.3) is 0 Å². The topological polar surface area (TPSA) is 21.3 Å². The fourth-order valence-corrected chi connectivity index (χ4v) is 3.08. The Morgan fingerprint density at radius 3 is 2.78 bits per heavy atom. The summed E-state index contributed by atoms with van der Waals surface area (Å²) >= 11 is 5.50. The molecule has 0 fully saturated rings. The van der Waals surface area contributed by atoms with Crippen LogP contribution in [0.5, 0.6) is 5.75 Å². The van der Waals surface area contributed by atoms with Crippen LogP contribution in [0.2, 0.25) is 0 Å². The first-order chi connectivity index (χ1) is 8.71. The summed E-state index contributed by atoms with van der Waals surface area (Å²) in [7, 11) is 1.73. The molecular formula is C14H22BrNOS. The van der Waals surface area contributed by atoms with Gasteiger partial charge in [-0.2, -0.15) is 11.8 Å². The smallest absolute Gasteiger partial charge is 0.122 e. The highest BCUT2D eigenvalue weighted by molar-refractivity contribution is 9.10. The molecule has 1 atom stereocenters. The van der Waals surface area contributed by atoms with Crippen LogP contribution in [0.4, 0.5) is 0 Å². The second-order valence-corrected chi connectivity index (χ2v) is 6.31. The average molecular weight is 332 g/mol. The van der Waals surface area contributed by atoms with Crippen molar-refractivity contribution in [3.63, 3.8) is 0 Å². The Labute approximate surface area is 123 Å². The zero-order chi connectivity index (χ0) is 13.4. The van der Waals surface area contributed by atoms with Crippen molar-refractivity contribution in [2.45, 2.75) is 26.3 Å². The molecule has 1 aromatic rings. The third kappa shape index (κ3) is 5.21. The van der Waals surface area contributed by atoms with Gasteiger partial charge in [0.1, 0.15) is 5.75 Å². The quantitative estimate of drug-likeness (QED) is 0.784. The molecule has 1 rings (SSSR count). The Hall–Kier alpha value is -0.190. The van der Waals surface area contributed by atoms with E-state index in [2.05, 4.69) is 41.2 Å². The van der Waals surface area contributed by atoms with Gasteiger partial charge in [0.2, 0.25) is 0 Å². The van der Waals surface area contributed by atoms with Crippen molar-refractivity contribution in [1.82, 2.24) is 5.32 Å². The van der Waals surface area contributed by atoms with Crippen molar-refractivity contribution in [2.75, 3.05) is 25.2 Å². The molecule has 0 saturated heterocycles. The van der Waals surface area contributed by atoms with Crippen molar-refractivity contribution in [1.29, 1.82) is 0 Å². The number of halogens is 1. The number of hydrogen-bond donors (Lipinski definition) is 1. The Bertz CT molecular complexity index is 360. The van der Waals surface area contributed by atoms with E-state index < -0.39 is 0 Å². The molecule has 0 amide bonds. The van der Waals surface area contributed by atoms with Crippen LogP contribution < -0.4 is 10.1 Å². The van der Waals surface area contributed by atoms with Gasteiger partial charge in [0.15, 0.2) is 0 Å². The summed E-state index contributed by atoms with van der Waals surface area (Å²) in [5, 5.41) is 3.54. The second-order valence-electron chi connectivity index (χ2n) is 4.07. The highest BCUT2D eigenvalue weighted by Gasteiger charge is 2.12. The molecule has 0 aliphatic heterocycles. The lowest BCUT2D eigenvalue weighted by Gasteiger charge is -2.19. The number of likely N-dealkylation sites (N-methyl/N-ethyl adjacent to an activating group) is 1. The van der Waals surface area contributed by atoms with Gasteiger partial charge in [-0.25, -0.2) is 0 Å². The van der Waals surface area contributed by atoms with Gasteiger partial charge in [0.25, 0.3) is 0 Å². The van der Waals surface area contributed by atoms with E-state index in [9.17, 15) is 0 Å². The van der Waals surface area contributed by atoms with Crippen molar-refractivity contribution in [2.24, 2.45) is 0 Å². The Kier molecular flexibility index (Phi) is 7.79. The molecule has 0 aliphatic rings. The molecular weight excluding hydrogens is 310 g/mol. The van der Waals surface area contributed by atoms with Crippen LogP contribution in [-0.4, -0.2) is 31.2 Å². The molecule has 0 radical (unpaired) electrons. The Morgan fingerprint density at radius 2 is 2.17 bits per heavy atom. The van der Waals surface area contributed by atoms with Gasteiger partial charge in [0.05, 0.1) is 7.11 Å². The van der Waals surface area contributed by atoms with Crippen molar-refractivity contribution in [3.05, 3.63) is 28.2 Å². The monoisotopic (exact) mass is 331 g/mol. The van der Waals surface area contributed by atoms with Crippen LogP contribution in [0.3, 0.4) is 0 Å². The number of rotatable bonds is 8. The van der Waals surface area contributed by atoms with Crippen LogP contribution in [0.1, 0.15) is 19.4 Å². The first-order valence-corrected chi connectivity index (χ1v) is 8.29. The van der Waals surface area contributed by atoms with E-state index in [1.165, 1.54) is 5.56 Å². The summed E-state index contributed by atoms with van der Waals surface area (Å²) in [6, 6.07) is 6.70. The summed E-state index contributed by atoms with van der Waals surface area (Å²) in [6.45, 7) is 5.36. The number of nitrogens with one attached hydrogen (secondary N) is 1. The summed E-state index contributed by atoms with van der Waals surface area (Å²) < 4.78 is 6.54. The lowest BCUT2D eigenvalue weighted by Crippen LogP contribution is -2.33. The van der Waals surface area contributed by atoms with E-state index in [0.717, 1.165) is 34.7 Å². The third-order valence-corrected chi connectivity index (χ3v) is 4.26. The van der Waals surface area contributed by atoms with Gasteiger partial charge >= 0.3 is 0 Å². The van der Waals surface area contributed by atoms with Crippen LogP contribution >= 0.6 is 27.7 Å². The fraction of sp³-hybridized carbons (Fsp3) is 0.571. The molecule has 0 bridgehead atoms. The maximum absolute atomic E-state index is 5.43. The zero-order valence-corrected chi connectivity index (χ0v) is 13.7. The van der Waals surface area contributed by atoms with E-state index in [4.69, 9.17) is 4.74 Å². The molecule has 0 spiro atoms. The molecule has 1 unspecified atom stereocenters. The SMILES string of the molecule is CCNC(CSCC)Cc1cc(Br)ccc1OC. The molecule has 2 nitrogen and oxygen atoms in total. The number of hydrogen-bond acceptors (Lipinski definition) is 3. The van der Waals surface area contributed by atoms with Crippen molar-refractivity contribution < 1.29 is 4.74 Å². The van der Waals surface area contributed by atoms with Gasteiger partial charge in [-0.3, -0.25) is 0 Å². The molecule has 102 valence electrons. The van der Waals surface area contributed by atoms with Crippen LogP contribution in [-0.2, 0) is 6.42 Å². The molecule has 1 aromatic carbocycles. The van der Waals surface area contributed by atoms with E-state index in [1.807, 2.05) is 23.9 Å². The predicted molar refractivity (Wildman–Crippen MR) is 84.9 cm³/mol. The fourth-order valence-electron chi connectivity index (χ4n) is 1.91. The van der Waals surface area contributed by atoms with Crippen molar-refractivity contribution in [3.8, 4) is 5.75 Å². The molecule has 0 heterocycles. The van der Waals surface area contributed by atoms with Gasteiger partial charge in [-0.1, -0.05) is 29.8 Å². The summed E-state index contributed by atoms with van der Waals surface area (Å²) in [5.74, 6) is 3.28. The molecule has 18 heavy (non-hydrogen) atoms. The Balaban J connectivity index is 2.74. The number of ether oxygens (including phenoxy) is 1. The minimum atomic E-state index is 0.503. The van der Waals surface area contributed by atoms with E-state index >= 15 is 0 Å². The highest BCUT2D eigenvalue weighted by atomic mass is 79.9. The van der Waals surface area contributed by atoms with Gasteiger partial charge in [0, 0.05) is 16.3 Å². The molecule has 0 aromatic heterocycles. The van der Waals surface area contributed by atoms with Crippen LogP contribution in [0, 0.1) is 0 Å². The number of benzene rings is 1. The summed E-state index contributed by atoms with van der Waals surface area (Å²) in [5.41, 5.74) is 1.26. The minimum Gasteiger partial charge on any atom is -0.496 e.